The van der Waals surface area contributed by atoms with Gasteiger partial charge in [0.05, 0.1) is 23.9 Å². The lowest BCUT2D eigenvalue weighted by atomic mass is 9.86. The van der Waals surface area contributed by atoms with Crippen molar-refractivity contribution in [2.24, 2.45) is 5.92 Å². The summed E-state index contributed by atoms with van der Waals surface area (Å²) in [5.41, 5.74) is 5.64. The van der Waals surface area contributed by atoms with E-state index in [1.54, 1.807) is 24.3 Å². The fourth-order valence-corrected chi connectivity index (χ4v) is 5.56. The molecule has 3 aromatic carbocycles. The second-order valence-corrected chi connectivity index (χ2v) is 10.1. The number of carboxylic acid groups (broad SMARTS) is 1. The normalized spacial score (nSPS) is 16.1. The molecule has 1 N–H and O–H groups in total. The van der Waals surface area contributed by atoms with Crippen LogP contribution in [0.3, 0.4) is 0 Å². The van der Waals surface area contributed by atoms with Gasteiger partial charge in [0.1, 0.15) is 11.6 Å². The molecule has 2 aliphatic heterocycles. The van der Waals surface area contributed by atoms with Crippen LogP contribution in [0.25, 0.3) is 11.1 Å². The standard InChI is InChI=1S/C30H28ClF2NO3/c31-27-16-23(33)7-9-24(27)25-10-13-37-28-15-22(30(35)36)6-8-26(28)29(25)21-4-2-19(3-5-21)14-20-17-34(18-20)12-1-11-32/h2-9,15-16,20H,1,10-14,17-18H2,(H,35,36). The van der Waals surface area contributed by atoms with Crippen molar-refractivity contribution in [3.63, 3.8) is 0 Å². The summed E-state index contributed by atoms with van der Waals surface area (Å²) in [6.07, 6.45) is 2.08. The maximum absolute atomic E-state index is 13.8. The highest BCUT2D eigenvalue weighted by Crippen LogP contribution is 2.43. The molecule has 0 aliphatic carbocycles. The largest absolute Gasteiger partial charge is 0.493 e. The summed E-state index contributed by atoms with van der Waals surface area (Å²) in [4.78, 5) is 13.9. The summed E-state index contributed by atoms with van der Waals surface area (Å²) in [5, 5.41) is 9.79. The third-order valence-electron chi connectivity index (χ3n) is 7.07. The number of halogens is 3. The van der Waals surface area contributed by atoms with E-state index in [1.165, 1.54) is 17.7 Å². The fourth-order valence-electron chi connectivity index (χ4n) is 5.28. The maximum Gasteiger partial charge on any atom is 0.335 e. The summed E-state index contributed by atoms with van der Waals surface area (Å²) >= 11 is 6.49. The molecular weight excluding hydrogens is 496 g/mol. The zero-order chi connectivity index (χ0) is 25.9. The number of aromatic carboxylic acids is 1. The molecule has 0 atom stereocenters. The van der Waals surface area contributed by atoms with Crippen molar-refractivity contribution in [1.29, 1.82) is 0 Å². The Bertz CT molecular complexity index is 1330. The van der Waals surface area contributed by atoms with Gasteiger partial charge in [-0.3, -0.25) is 4.39 Å². The van der Waals surface area contributed by atoms with Gasteiger partial charge in [-0.1, -0.05) is 41.9 Å². The average Bonchev–Trinajstić information content (AvgIpc) is 3.04. The SMILES string of the molecule is O=C(O)c1ccc2c(c1)OCCC(c1ccc(F)cc1Cl)=C2c1ccc(CC2CN(CCCF)C2)cc1. The van der Waals surface area contributed by atoms with Gasteiger partial charge in [0.15, 0.2) is 0 Å². The Balaban J connectivity index is 1.51. The average molecular weight is 524 g/mol. The van der Waals surface area contributed by atoms with Gasteiger partial charge < -0.3 is 14.7 Å². The number of rotatable bonds is 8. The van der Waals surface area contributed by atoms with Crippen LogP contribution in [0, 0.1) is 11.7 Å². The van der Waals surface area contributed by atoms with Gasteiger partial charge in [-0.05, 0) is 76.9 Å². The van der Waals surface area contributed by atoms with Crippen molar-refractivity contribution >= 4 is 28.7 Å². The molecule has 2 aliphatic rings. The van der Waals surface area contributed by atoms with Gasteiger partial charge in [-0.15, -0.1) is 0 Å². The number of hydrogen-bond donors (Lipinski definition) is 1. The molecule has 0 amide bonds. The van der Waals surface area contributed by atoms with Crippen molar-refractivity contribution in [3.8, 4) is 5.75 Å². The van der Waals surface area contributed by atoms with Crippen LogP contribution in [0.4, 0.5) is 8.78 Å². The van der Waals surface area contributed by atoms with E-state index in [9.17, 15) is 18.7 Å². The molecule has 192 valence electrons. The first-order chi connectivity index (χ1) is 17.9. The van der Waals surface area contributed by atoms with Crippen LogP contribution in [0.5, 0.6) is 5.75 Å². The Labute approximate surface area is 220 Å². The maximum atomic E-state index is 13.8. The van der Waals surface area contributed by atoms with Crippen LogP contribution >= 0.6 is 11.6 Å². The molecule has 2 heterocycles. The predicted molar refractivity (Wildman–Crippen MR) is 142 cm³/mol. The Morgan fingerprint density at radius 1 is 1.05 bits per heavy atom. The van der Waals surface area contributed by atoms with Gasteiger partial charge in [-0.2, -0.15) is 0 Å². The van der Waals surface area contributed by atoms with Crippen LogP contribution in [-0.2, 0) is 6.42 Å². The number of nitrogens with zero attached hydrogens (tertiary/aromatic N) is 1. The highest BCUT2D eigenvalue weighted by Gasteiger charge is 2.27. The van der Waals surface area contributed by atoms with Gasteiger partial charge in [-0.25, -0.2) is 9.18 Å². The number of likely N-dealkylation sites (tertiary alicyclic amines) is 1. The molecule has 7 heteroatoms. The fraction of sp³-hybridized carbons (Fsp3) is 0.300. The molecule has 1 fully saturated rings. The van der Waals surface area contributed by atoms with Gasteiger partial charge >= 0.3 is 5.97 Å². The van der Waals surface area contributed by atoms with Crippen LogP contribution in [0.15, 0.2) is 60.7 Å². The summed E-state index contributed by atoms with van der Waals surface area (Å²) in [5.74, 6) is -0.364. The van der Waals surface area contributed by atoms with E-state index in [-0.39, 0.29) is 12.2 Å². The van der Waals surface area contributed by atoms with Crippen molar-refractivity contribution in [2.45, 2.75) is 19.3 Å². The third-order valence-corrected chi connectivity index (χ3v) is 7.39. The second kappa shape index (κ2) is 11.0. The molecule has 0 radical (unpaired) electrons. The molecule has 0 spiro atoms. The van der Waals surface area contributed by atoms with Crippen LogP contribution < -0.4 is 4.74 Å². The van der Waals surface area contributed by atoms with E-state index in [0.717, 1.165) is 53.9 Å². The third kappa shape index (κ3) is 5.55. The lowest BCUT2D eigenvalue weighted by molar-refractivity contribution is 0.0696. The van der Waals surface area contributed by atoms with Gasteiger partial charge in [0, 0.05) is 31.6 Å². The van der Waals surface area contributed by atoms with Crippen molar-refractivity contribution in [2.75, 3.05) is 32.9 Å². The molecule has 0 bridgehead atoms. The number of alkyl halides is 1. The van der Waals surface area contributed by atoms with E-state index < -0.39 is 11.8 Å². The lowest BCUT2D eigenvalue weighted by Gasteiger charge is -2.39. The quantitative estimate of drug-likeness (QED) is 0.355. The Morgan fingerprint density at radius 2 is 1.81 bits per heavy atom. The van der Waals surface area contributed by atoms with Crippen molar-refractivity contribution < 1.29 is 23.4 Å². The summed E-state index contributed by atoms with van der Waals surface area (Å²) in [6.45, 7) is 2.88. The smallest absolute Gasteiger partial charge is 0.335 e. The lowest BCUT2D eigenvalue weighted by Crippen LogP contribution is -2.47. The zero-order valence-electron chi connectivity index (χ0n) is 20.4. The highest BCUT2D eigenvalue weighted by atomic mass is 35.5. The van der Waals surface area contributed by atoms with E-state index >= 15 is 0 Å². The molecule has 37 heavy (non-hydrogen) atoms. The minimum atomic E-state index is -1.02. The van der Waals surface area contributed by atoms with Crippen LogP contribution in [0.2, 0.25) is 5.02 Å². The number of fused-ring (bicyclic) bond motifs is 1. The molecular formula is C30H28ClF2NO3. The first-order valence-electron chi connectivity index (χ1n) is 12.5. The summed E-state index contributed by atoms with van der Waals surface area (Å²) in [6, 6.07) is 17.6. The van der Waals surface area contributed by atoms with Crippen LogP contribution in [-0.4, -0.2) is 48.9 Å². The Kier molecular flexibility index (Phi) is 7.58. The van der Waals surface area contributed by atoms with E-state index in [0.29, 0.717) is 36.1 Å². The van der Waals surface area contributed by atoms with Gasteiger partial charge in [0.25, 0.3) is 0 Å². The summed E-state index contributed by atoms with van der Waals surface area (Å²) in [7, 11) is 0. The topological polar surface area (TPSA) is 49.8 Å². The first-order valence-corrected chi connectivity index (χ1v) is 12.9. The van der Waals surface area contributed by atoms with Gasteiger partial charge in [0.2, 0.25) is 0 Å². The second-order valence-electron chi connectivity index (χ2n) is 9.66. The molecule has 4 nitrogen and oxygen atoms in total. The van der Waals surface area contributed by atoms with Crippen molar-refractivity contribution in [1.82, 2.24) is 4.90 Å². The molecule has 0 unspecified atom stereocenters. The predicted octanol–water partition coefficient (Wildman–Crippen LogP) is 6.75. The van der Waals surface area contributed by atoms with E-state index in [2.05, 4.69) is 29.2 Å². The van der Waals surface area contributed by atoms with Crippen LogP contribution in [0.1, 0.15) is 45.5 Å². The van der Waals surface area contributed by atoms with E-state index in [4.69, 9.17) is 16.3 Å². The molecule has 5 rings (SSSR count). The number of ether oxygens (including phenoxy) is 1. The minimum absolute atomic E-state index is 0.151. The molecule has 1 saturated heterocycles. The highest BCUT2D eigenvalue weighted by molar-refractivity contribution is 6.32. The molecule has 0 saturated carbocycles. The number of carboxylic acids is 1. The number of benzene rings is 3. The number of carbonyl (C=O) groups is 1. The number of hydrogen-bond acceptors (Lipinski definition) is 3. The Hall–Kier alpha value is -3.22. The first kappa shape index (κ1) is 25.4. The van der Waals surface area contributed by atoms with E-state index in [1.807, 2.05) is 0 Å². The minimum Gasteiger partial charge on any atom is -0.493 e. The Morgan fingerprint density at radius 3 is 2.51 bits per heavy atom. The van der Waals surface area contributed by atoms with Crippen molar-refractivity contribution in [3.05, 3.63) is 99.3 Å². The summed E-state index contributed by atoms with van der Waals surface area (Å²) < 4.78 is 32.2. The molecule has 0 aromatic heterocycles. The zero-order valence-corrected chi connectivity index (χ0v) is 21.1. The molecule has 3 aromatic rings. The monoisotopic (exact) mass is 523 g/mol.